The van der Waals surface area contributed by atoms with Gasteiger partial charge in [-0.15, -0.1) is 0 Å². The molecule has 0 atom stereocenters. The molecular weight excluding hydrogens is 349 g/mol. The molecule has 0 fully saturated rings. The van der Waals surface area contributed by atoms with Gasteiger partial charge in [0, 0.05) is 12.1 Å². The summed E-state index contributed by atoms with van der Waals surface area (Å²) in [5.41, 5.74) is 0.777. The molecule has 0 unspecified atom stereocenters. The maximum absolute atomic E-state index is 12.3. The Morgan fingerprint density at radius 3 is 2.50 bits per heavy atom. The summed E-state index contributed by atoms with van der Waals surface area (Å²) in [6.07, 6.45) is 3.34. The van der Waals surface area contributed by atoms with Crippen LogP contribution in [0.15, 0.2) is 24.3 Å². The van der Waals surface area contributed by atoms with Gasteiger partial charge >= 0.3 is 0 Å². The van der Waals surface area contributed by atoms with Crippen LogP contribution in [0.2, 0.25) is 10.0 Å². The summed E-state index contributed by atoms with van der Waals surface area (Å²) >= 11 is 12.3. The molecule has 0 heterocycles. The number of carbonyl (C=O) groups excluding carboxylic acids is 2. The second kappa shape index (κ2) is 10.4. The van der Waals surface area contributed by atoms with E-state index in [1.54, 1.807) is 12.1 Å². The number of unbranched alkanes of at least 4 members (excludes halogenated alkanes) is 1. The largest absolute Gasteiger partial charge is 0.482 e. The first-order valence-electron chi connectivity index (χ1n) is 8.02. The van der Waals surface area contributed by atoms with Crippen LogP contribution in [0.5, 0.6) is 5.75 Å². The first-order valence-corrected chi connectivity index (χ1v) is 8.77. The number of amides is 1. The summed E-state index contributed by atoms with van der Waals surface area (Å²) < 4.78 is 5.39. The molecule has 0 radical (unpaired) electrons. The van der Waals surface area contributed by atoms with E-state index in [0.29, 0.717) is 24.1 Å². The second-order valence-corrected chi connectivity index (χ2v) is 6.17. The SMILES string of the molecule is C=C(CCC)C(=O)c1ccc(OCC(=O)NCCCC)c(Cl)c1Cl. The zero-order valence-corrected chi connectivity index (χ0v) is 15.6. The smallest absolute Gasteiger partial charge is 0.257 e. The van der Waals surface area contributed by atoms with E-state index >= 15 is 0 Å². The molecule has 0 aliphatic carbocycles. The van der Waals surface area contributed by atoms with E-state index in [1.807, 2.05) is 13.8 Å². The molecular formula is C18H23Cl2NO3. The number of benzene rings is 1. The maximum atomic E-state index is 12.3. The molecule has 4 nitrogen and oxygen atoms in total. The molecule has 0 aliphatic heterocycles. The minimum Gasteiger partial charge on any atom is -0.482 e. The molecule has 0 bridgehead atoms. The van der Waals surface area contributed by atoms with Gasteiger partial charge in [-0.3, -0.25) is 9.59 Å². The summed E-state index contributed by atoms with van der Waals surface area (Å²) in [5.74, 6) is -0.190. The van der Waals surface area contributed by atoms with E-state index in [9.17, 15) is 9.59 Å². The van der Waals surface area contributed by atoms with Gasteiger partial charge in [-0.25, -0.2) is 0 Å². The van der Waals surface area contributed by atoms with Gasteiger partial charge in [0.1, 0.15) is 10.8 Å². The lowest BCUT2D eigenvalue weighted by Gasteiger charge is -2.12. The van der Waals surface area contributed by atoms with Crippen molar-refractivity contribution in [2.24, 2.45) is 0 Å². The highest BCUT2D eigenvalue weighted by Crippen LogP contribution is 2.35. The number of hydrogen-bond donors (Lipinski definition) is 1. The Labute approximate surface area is 153 Å². The monoisotopic (exact) mass is 371 g/mol. The Hall–Kier alpha value is -1.52. The van der Waals surface area contributed by atoms with Gasteiger partial charge in [0.2, 0.25) is 0 Å². The summed E-state index contributed by atoms with van der Waals surface area (Å²) in [4.78, 5) is 23.9. The lowest BCUT2D eigenvalue weighted by atomic mass is 10.0. The molecule has 1 aromatic carbocycles. The fraction of sp³-hybridized carbons (Fsp3) is 0.444. The van der Waals surface area contributed by atoms with Crippen molar-refractivity contribution in [1.29, 1.82) is 0 Å². The number of carbonyl (C=O) groups is 2. The van der Waals surface area contributed by atoms with E-state index in [1.165, 1.54) is 0 Å². The fourth-order valence-electron chi connectivity index (χ4n) is 2.02. The Kier molecular flexibility index (Phi) is 8.87. The second-order valence-electron chi connectivity index (χ2n) is 5.41. The zero-order valence-electron chi connectivity index (χ0n) is 14.1. The van der Waals surface area contributed by atoms with Crippen molar-refractivity contribution in [3.05, 3.63) is 39.9 Å². The Morgan fingerprint density at radius 2 is 1.88 bits per heavy atom. The number of rotatable bonds is 10. The van der Waals surface area contributed by atoms with Crippen LogP contribution in [-0.4, -0.2) is 24.8 Å². The fourth-order valence-corrected chi connectivity index (χ4v) is 2.48. The maximum Gasteiger partial charge on any atom is 0.257 e. The van der Waals surface area contributed by atoms with Crippen molar-refractivity contribution in [2.45, 2.75) is 39.5 Å². The van der Waals surface area contributed by atoms with Crippen molar-refractivity contribution in [2.75, 3.05) is 13.2 Å². The molecule has 24 heavy (non-hydrogen) atoms. The van der Waals surface area contributed by atoms with Crippen LogP contribution in [0.4, 0.5) is 0 Å². The number of allylic oxidation sites excluding steroid dienone is 1. The van der Waals surface area contributed by atoms with Gasteiger partial charge in [0.15, 0.2) is 12.4 Å². The standard InChI is InChI=1S/C18H23Cl2NO3/c1-4-6-10-21-15(22)11-24-14-9-8-13(16(19)17(14)20)18(23)12(3)7-5-2/h8-9H,3-7,10-11H2,1-2H3,(H,21,22). The molecule has 1 amide bonds. The predicted octanol–water partition coefficient (Wildman–Crippen LogP) is 4.83. The van der Waals surface area contributed by atoms with Crippen molar-refractivity contribution in [1.82, 2.24) is 5.32 Å². The lowest BCUT2D eigenvalue weighted by molar-refractivity contribution is -0.123. The van der Waals surface area contributed by atoms with E-state index < -0.39 is 0 Å². The average molecular weight is 372 g/mol. The van der Waals surface area contributed by atoms with Crippen LogP contribution in [0.25, 0.3) is 0 Å². The lowest BCUT2D eigenvalue weighted by Crippen LogP contribution is -2.29. The van der Waals surface area contributed by atoms with Gasteiger partial charge in [0.05, 0.1) is 5.02 Å². The van der Waals surface area contributed by atoms with E-state index in [2.05, 4.69) is 11.9 Å². The van der Waals surface area contributed by atoms with Crippen LogP contribution in [-0.2, 0) is 4.79 Å². The Balaban J connectivity index is 2.76. The van der Waals surface area contributed by atoms with E-state index in [0.717, 1.165) is 19.3 Å². The molecule has 0 aromatic heterocycles. The van der Waals surface area contributed by atoms with Crippen LogP contribution in [0, 0.1) is 0 Å². The predicted molar refractivity (Wildman–Crippen MR) is 98.3 cm³/mol. The normalized spacial score (nSPS) is 10.3. The highest BCUT2D eigenvalue weighted by Gasteiger charge is 2.18. The number of Topliss-reactive ketones (excluding diaryl/α,β-unsaturated/α-hetero) is 1. The summed E-state index contributed by atoms with van der Waals surface area (Å²) in [7, 11) is 0. The summed E-state index contributed by atoms with van der Waals surface area (Å²) in [6, 6.07) is 3.09. The summed E-state index contributed by atoms with van der Waals surface area (Å²) in [5, 5.41) is 2.97. The Morgan fingerprint density at radius 1 is 1.17 bits per heavy atom. The average Bonchev–Trinajstić information content (AvgIpc) is 2.56. The summed E-state index contributed by atoms with van der Waals surface area (Å²) in [6.45, 7) is 8.24. The van der Waals surface area contributed by atoms with Crippen molar-refractivity contribution in [3.8, 4) is 5.75 Å². The van der Waals surface area contributed by atoms with Crippen LogP contribution >= 0.6 is 23.2 Å². The van der Waals surface area contributed by atoms with Crippen LogP contribution < -0.4 is 10.1 Å². The van der Waals surface area contributed by atoms with Gasteiger partial charge in [-0.05, 0) is 30.5 Å². The third-order valence-electron chi connectivity index (χ3n) is 3.38. The highest BCUT2D eigenvalue weighted by molar-refractivity contribution is 6.45. The molecule has 0 saturated heterocycles. The highest BCUT2D eigenvalue weighted by atomic mass is 35.5. The molecule has 1 rings (SSSR count). The minimum absolute atomic E-state index is 0.114. The van der Waals surface area contributed by atoms with Crippen molar-refractivity contribution < 1.29 is 14.3 Å². The third-order valence-corrected chi connectivity index (χ3v) is 4.24. The molecule has 0 aliphatic rings. The van der Waals surface area contributed by atoms with Crippen molar-refractivity contribution in [3.63, 3.8) is 0 Å². The third kappa shape index (κ3) is 5.84. The molecule has 0 saturated carbocycles. The topological polar surface area (TPSA) is 55.4 Å². The molecule has 0 spiro atoms. The first kappa shape index (κ1) is 20.5. The van der Waals surface area contributed by atoms with E-state index in [4.69, 9.17) is 27.9 Å². The minimum atomic E-state index is -0.230. The van der Waals surface area contributed by atoms with E-state index in [-0.39, 0.29) is 34.1 Å². The molecule has 6 heteroatoms. The number of ether oxygens (including phenoxy) is 1. The molecule has 132 valence electrons. The molecule has 1 aromatic rings. The van der Waals surface area contributed by atoms with Gasteiger partial charge in [0.25, 0.3) is 5.91 Å². The number of hydrogen-bond acceptors (Lipinski definition) is 3. The first-order chi connectivity index (χ1) is 11.4. The van der Waals surface area contributed by atoms with Crippen LogP contribution in [0.1, 0.15) is 49.9 Å². The zero-order chi connectivity index (χ0) is 18.1. The number of halogens is 2. The van der Waals surface area contributed by atoms with Gasteiger partial charge in [-0.2, -0.15) is 0 Å². The van der Waals surface area contributed by atoms with Gasteiger partial charge < -0.3 is 10.1 Å². The van der Waals surface area contributed by atoms with Crippen molar-refractivity contribution >= 4 is 34.9 Å². The van der Waals surface area contributed by atoms with Gasteiger partial charge in [-0.1, -0.05) is 56.5 Å². The quantitative estimate of drug-likeness (QED) is 0.364. The molecule has 1 N–H and O–H groups in total. The number of nitrogens with one attached hydrogen (secondary N) is 1. The Bertz CT molecular complexity index is 615. The van der Waals surface area contributed by atoms with Crippen LogP contribution in [0.3, 0.4) is 0 Å². The number of ketones is 1.